The summed E-state index contributed by atoms with van der Waals surface area (Å²) in [6.07, 6.45) is 3.34. The van der Waals surface area contributed by atoms with Crippen molar-refractivity contribution >= 4 is 28.8 Å². The smallest absolute Gasteiger partial charge is 0.330 e. The second-order valence-electron chi connectivity index (χ2n) is 5.85. The number of para-hydroxylation sites is 2. The number of hydrogen-bond donors (Lipinski definition) is 2. The molecule has 2 N–H and O–H groups in total. The first-order valence-electron chi connectivity index (χ1n) is 8.13. The molecule has 1 aromatic heterocycles. The van der Waals surface area contributed by atoms with Gasteiger partial charge in [0.15, 0.2) is 6.04 Å². The Kier molecular flexibility index (Phi) is 5.16. The van der Waals surface area contributed by atoms with Gasteiger partial charge in [-0.1, -0.05) is 24.3 Å². The SMILES string of the molecule is COC(=O)C(Cc1c[nH]c2ccccc12)N=Cc1cccc([N+](=O)[O-])c1O. The van der Waals surface area contributed by atoms with E-state index in [4.69, 9.17) is 4.74 Å². The number of phenolic OH excluding ortho intramolecular Hbond substituents is 1. The summed E-state index contributed by atoms with van der Waals surface area (Å²) in [5.41, 5.74) is 1.56. The summed E-state index contributed by atoms with van der Waals surface area (Å²) < 4.78 is 4.82. The maximum absolute atomic E-state index is 12.1. The Bertz CT molecular complexity index is 1030. The minimum absolute atomic E-state index is 0.150. The predicted molar refractivity (Wildman–Crippen MR) is 100 cm³/mol. The van der Waals surface area contributed by atoms with Crippen LogP contribution in [0.5, 0.6) is 5.75 Å². The fourth-order valence-corrected chi connectivity index (χ4v) is 2.81. The quantitative estimate of drug-likeness (QED) is 0.300. The first-order valence-corrected chi connectivity index (χ1v) is 8.13. The normalized spacial score (nSPS) is 12.3. The number of H-pyrrole nitrogens is 1. The molecule has 0 bridgehead atoms. The number of rotatable bonds is 6. The maximum atomic E-state index is 12.1. The van der Waals surface area contributed by atoms with Gasteiger partial charge in [0.1, 0.15) is 0 Å². The van der Waals surface area contributed by atoms with Crippen molar-refractivity contribution in [2.24, 2.45) is 4.99 Å². The van der Waals surface area contributed by atoms with Crippen LogP contribution in [0.4, 0.5) is 5.69 Å². The van der Waals surface area contributed by atoms with Gasteiger partial charge in [0.05, 0.1) is 12.0 Å². The monoisotopic (exact) mass is 367 g/mol. The van der Waals surface area contributed by atoms with Crippen LogP contribution < -0.4 is 0 Å². The summed E-state index contributed by atoms with van der Waals surface area (Å²) in [5, 5.41) is 21.9. The molecule has 0 aliphatic rings. The van der Waals surface area contributed by atoms with Crippen molar-refractivity contribution in [3.8, 4) is 5.75 Å². The average Bonchev–Trinajstić information content (AvgIpc) is 3.08. The lowest BCUT2D eigenvalue weighted by atomic mass is 10.1. The molecular weight excluding hydrogens is 350 g/mol. The van der Waals surface area contributed by atoms with E-state index in [2.05, 4.69) is 9.98 Å². The van der Waals surface area contributed by atoms with E-state index in [1.807, 2.05) is 24.3 Å². The zero-order valence-corrected chi connectivity index (χ0v) is 14.5. The number of nitrogens with one attached hydrogen (secondary N) is 1. The Labute approximate surface area is 154 Å². The molecule has 0 aliphatic carbocycles. The van der Waals surface area contributed by atoms with E-state index >= 15 is 0 Å². The largest absolute Gasteiger partial charge is 0.502 e. The van der Waals surface area contributed by atoms with E-state index in [9.17, 15) is 20.0 Å². The fourth-order valence-electron chi connectivity index (χ4n) is 2.81. The van der Waals surface area contributed by atoms with E-state index in [1.54, 1.807) is 6.20 Å². The number of ether oxygens (including phenoxy) is 1. The van der Waals surface area contributed by atoms with Gasteiger partial charge >= 0.3 is 11.7 Å². The molecule has 138 valence electrons. The lowest BCUT2D eigenvalue weighted by molar-refractivity contribution is -0.385. The number of nitro groups is 1. The van der Waals surface area contributed by atoms with Crippen LogP contribution in [0.25, 0.3) is 10.9 Å². The van der Waals surface area contributed by atoms with E-state index in [1.165, 1.54) is 31.5 Å². The Morgan fingerprint density at radius 3 is 2.85 bits per heavy atom. The van der Waals surface area contributed by atoms with Crippen LogP contribution in [0.1, 0.15) is 11.1 Å². The lowest BCUT2D eigenvalue weighted by Crippen LogP contribution is -2.23. The number of aromatic amines is 1. The molecule has 1 unspecified atom stereocenters. The molecule has 0 saturated heterocycles. The van der Waals surface area contributed by atoms with Gasteiger partial charge in [-0.05, 0) is 17.7 Å². The van der Waals surface area contributed by atoms with Gasteiger partial charge in [0.25, 0.3) is 0 Å². The number of carbonyl (C=O) groups excluding carboxylic acids is 1. The highest BCUT2D eigenvalue weighted by atomic mass is 16.6. The van der Waals surface area contributed by atoms with Gasteiger partial charge in [-0.25, -0.2) is 4.79 Å². The van der Waals surface area contributed by atoms with E-state index in [0.29, 0.717) is 0 Å². The summed E-state index contributed by atoms with van der Waals surface area (Å²) >= 11 is 0. The third-order valence-corrected chi connectivity index (χ3v) is 4.20. The topological polar surface area (TPSA) is 118 Å². The zero-order chi connectivity index (χ0) is 19.4. The highest BCUT2D eigenvalue weighted by Gasteiger charge is 2.21. The van der Waals surface area contributed by atoms with Gasteiger partial charge < -0.3 is 14.8 Å². The number of nitro benzene ring substituents is 1. The minimum atomic E-state index is -0.854. The van der Waals surface area contributed by atoms with Crippen molar-refractivity contribution in [3.05, 3.63) is 69.9 Å². The van der Waals surface area contributed by atoms with E-state index in [0.717, 1.165) is 16.5 Å². The number of nitrogens with zero attached hydrogens (tertiary/aromatic N) is 2. The van der Waals surface area contributed by atoms with Gasteiger partial charge in [-0.2, -0.15) is 0 Å². The van der Waals surface area contributed by atoms with Crippen LogP contribution in [-0.2, 0) is 16.0 Å². The standard InChI is InChI=1S/C19H17N3O5/c1-27-19(24)16(9-13-11-20-15-7-3-2-6-14(13)15)21-10-12-5-4-8-17(18(12)23)22(25)26/h2-8,10-11,16,20,23H,9H2,1H3. The second kappa shape index (κ2) is 7.69. The number of fused-ring (bicyclic) bond motifs is 1. The predicted octanol–water partition coefficient (Wildman–Crippen LogP) is 2.98. The Morgan fingerprint density at radius 1 is 1.33 bits per heavy atom. The van der Waals surface area contributed by atoms with Gasteiger partial charge in [0, 0.05) is 41.4 Å². The minimum Gasteiger partial charge on any atom is -0.502 e. The van der Waals surface area contributed by atoms with E-state index in [-0.39, 0.29) is 12.0 Å². The first-order chi connectivity index (χ1) is 13.0. The third-order valence-electron chi connectivity index (χ3n) is 4.20. The Morgan fingerprint density at radius 2 is 2.11 bits per heavy atom. The van der Waals surface area contributed by atoms with Gasteiger partial charge in [0.2, 0.25) is 5.75 Å². The summed E-state index contributed by atoms with van der Waals surface area (Å²) in [6.45, 7) is 0. The van der Waals surface area contributed by atoms with Crippen LogP contribution in [0.2, 0.25) is 0 Å². The number of carbonyl (C=O) groups is 1. The van der Waals surface area contributed by atoms with Crippen molar-refractivity contribution in [1.82, 2.24) is 4.98 Å². The lowest BCUT2D eigenvalue weighted by Gasteiger charge is -2.10. The molecule has 0 spiro atoms. The molecule has 3 aromatic rings. The van der Waals surface area contributed by atoms with Crippen LogP contribution in [-0.4, -0.2) is 40.3 Å². The summed E-state index contributed by atoms with van der Waals surface area (Å²) in [6, 6.07) is 10.9. The molecule has 27 heavy (non-hydrogen) atoms. The summed E-state index contributed by atoms with van der Waals surface area (Å²) in [5.74, 6) is -1.04. The first kappa shape index (κ1) is 18.1. The molecule has 3 rings (SSSR count). The molecule has 8 heteroatoms. The molecule has 2 aromatic carbocycles. The number of aromatic hydroxyl groups is 1. The number of benzene rings is 2. The molecule has 0 fully saturated rings. The van der Waals surface area contributed by atoms with Crippen molar-refractivity contribution in [2.45, 2.75) is 12.5 Å². The summed E-state index contributed by atoms with van der Waals surface area (Å²) in [7, 11) is 1.27. The molecule has 1 heterocycles. The zero-order valence-electron chi connectivity index (χ0n) is 14.5. The van der Waals surface area contributed by atoms with Crippen molar-refractivity contribution in [1.29, 1.82) is 0 Å². The number of aliphatic imine (C=N–C) groups is 1. The summed E-state index contributed by atoms with van der Waals surface area (Å²) in [4.78, 5) is 29.7. The highest BCUT2D eigenvalue weighted by molar-refractivity contribution is 5.89. The molecule has 8 nitrogen and oxygen atoms in total. The molecule has 0 saturated carbocycles. The van der Waals surface area contributed by atoms with Crippen molar-refractivity contribution < 1.29 is 19.6 Å². The molecule has 1 atom stereocenters. The van der Waals surface area contributed by atoms with Gasteiger partial charge in [-0.15, -0.1) is 0 Å². The fraction of sp³-hybridized carbons (Fsp3) is 0.158. The van der Waals surface area contributed by atoms with Crippen LogP contribution in [0, 0.1) is 10.1 Å². The number of phenols is 1. The van der Waals surface area contributed by atoms with Gasteiger partial charge in [-0.3, -0.25) is 15.1 Å². The number of hydrogen-bond acceptors (Lipinski definition) is 6. The second-order valence-corrected chi connectivity index (χ2v) is 5.85. The maximum Gasteiger partial charge on any atom is 0.330 e. The molecular formula is C19H17N3O5. The van der Waals surface area contributed by atoms with Crippen LogP contribution in [0.15, 0.2) is 53.7 Å². The number of esters is 1. The average molecular weight is 367 g/mol. The van der Waals surface area contributed by atoms with E-state index < -0.39 is 28.4 Å². The third kappa shape index (κ3) is 3.79. The molecule has 0 aliphatic heterocycles. The Balaban J connectivity index is 1.90. The van der Waals surface area contributed by atoms with Crippen LogP contribution in [0.3, 0.4) is 0 Å². The number of aromatic nitrogens is 1. The van der Waals surface area contributed by atoms with Crippen molar-refractivity contribution in [2.75, 3.05) is 7.11 Å². The number of methoxy groups -OCH3 is 1. The Hall–Kier alpha value is -3.68. The highest BCUT2D eigenvalue weighted by Crippen LogP contribution is 2.28. The molecule has 0 radical (unpaired) electrons. The molecule has 0 amide bonds. The van der Waals surface area contributed by atoms with Crippen molar-refractivity contribution in [3.63, 3.8) is 0 Å². The van der Waals surface area contributed by atoms with Crippen LogP contribution >= 0.6 is 0 Å².